The Bertz CT molecular complexity index is 484. The minimum absolute atomic E-state index is 0.141. The molecule has 1 atom stereocenters. The molecule has 0 bridgehead atoms. The summed E-state index contributed by atoms with van der Waals surface area (Å²) in [5.74, 6) is 1.02. The maximum atomic E-state index is 11.2. The monoisotopic (exact) mass is 278 g/mol. The molecule has 0 heterocycles. The van der Waals surface area contributed by atoms with Crippen LogP contribution in [0.15, 0.2) is 18.2 Å². The highest BCUT2D eigenvalue weighted by Gasteiger charge is 2.19. The third-order valence-electron chi connectivity index (χ3n) is 2.22. The molecule has 0 spiro atoms. The van der Waals surface area contributed by atoms with Crippen molar-refractivity contribution in [2.45, 2.75) is 5.38 Å². The van der Waals surface area contributed by atoms with E-state index in [0.29, 0.717) is 17.1 Å². The number of ether oxygens (including phenoxy) is 2. The summed E-state index contributed by atoms with van der Waals surface area (Å²) in [4.78, 5) is 0. The van der Waals surface area contributed by atoms with Crippen LogP contribution in [0.1, 0.15) is 10.9 Å². The van der Waals surface area contributed by atoms with Crippen LogP contribution in [-0.2, 0) is 9.84 Å². The highest BCUT2D eigenvalue weighted by atomic mass is 35.5. The van der Waals surface area contributed by atoms with Gasteiger partial charge in [0.25, 0.3) is 0 Å². The third kappa shape index (κ3) is 4.09. The number of methoxy groups -OCH3 is 2. The minimum Gasteiger partial charge on any atom is -0.497 e. The zero-order valence-electron chi connectivity index (χ0n) is 9.94. The number of hydrogen-bond donors (Lipinski definition) is 0. The van der Waals surface area contributed by atoms with E-state index in [2.05, 4.69) is 0 Å². The van der Waals surface area contributed by atoms with E-state index in [1.54, 1.807) is 18.2 Å². The van der Waals surface area contributed by atoms with Gasteiger partial charge in [0.15, 0.2) is 0 Å². The molecule has 1 unspecified atom stereocenters. The fourth-order valence-corrected chi connectivity index (χ4v) is 3.01. The minimum atomic E-state index is -3.14. The zero-order valence-corrected chi connectivity index (χ0v) is 11.5. The highest BCUT2D eigenvalue weighted by molar-refractivity contribution is 7.90. The first-order chi connectivity index (χ1) is 7.87. The van der Waals surface area contributed by atoms with Crippen molar-refractivity contribution in [2.75, 3.05) is 26.2 Å². The van der Waals surface area contributed by atoms with Gasteiger partial charge in [-0.05, 0) is 18.2 Å². The van der Waals surface area contributed by atoms with Crippen molar-refractivity contribution in [3.8, 4) is 11.5 Å². The molecule has 0 amide bonds. The summed E-state index contributed by atoms with van der Waals surface area (Å²) in [7, 11) is -0.102. The van der Waals surface area contributed by atoms with Crippen molar-refractivity contribution >= 4 is 21.4 Å². The second kappa shape index (κ2) is 5.60. The Morgan fingerprint density at radius 1 is 1.29 bits per heavy atom. The number of rotatable bonds is 5. The van der Waals surface area contributed by atoms with Crippen molar-refractivity contribution in [2.24, 2.45) is 0 Å². The molecule has 1 rings (SSSR count). The Morgan fingerprint density at radius 3 is 2.41 bits per heavy atom. The van der Waals surface area contributed by atoms with Crippen LogP contribution in [0.25, 0.3) is 0 Å². The molecular formula is C11H15ClO4S. The molecule has 0 aromatic heterocycles. The maximum absolute atomic E-state index is 11.2. The molecule has 0 aliphatic heterocycles. The van der Waals surface area contributed by atoms with Gasteiger partial charge in [0.05, 0.1) is 25.3 Å². The summed E-state index contributed by atoms with van der Waals surface area (Å²) in [5, 5.41) is -0.657. The first kappa shape index (κ1) is 14.1. The lowest BCUT2D eigenvalue weighted by molar-refractivity contribution is 0.399. The largest absolute Gasteiger partial charge is 0.497 e. The normalized spacial score (nSPS) is 13.2. The lowest BCUT2D eigenvalue weighted by atomic mass is 10.1. The Labute approximate surface area is 106 Å². The van der Waals surface area contributed by atoms with Gasteiger partial charge in [-0.25, -0.2) is 8.42 Å². The van der Waals surface area contributed by atoms with Crippen LogP contribution in [0.2, 0.25) is 0 Å². The third-order valence-corrected chi connectivity index (χ3v) is 3.73. The van der Waals surface area contributed by atoms with E-state index in [0.717, 1.165) is 6.26 Å². The lowest BCUT2D eigenvalue weighted by Crippen LogP contribution is -2.10. The van der Waals surface area contributed by atoms with Crippen molar-refractivity contribution < 1.29 is 17.9 Å². The van der Waals surface area contributed by atoms with Gasteiger partial charge < -0.3 is 9.47 Å². The molecule has 0 N–H and O–H groups in total. The van der Waals surface area contributed by atoms with Gasteiger partial charge in [-0.1, -0.05) is 0 Å². The SMILES string of the molecule is COc1ccc(OC)c(C(Cl)CS(C)(=O)=O)c1. The van der Waals surface area contributed by atoms with E-state index >= 15 is 0 Å². The first-order valence-corrected chi connectivity index (χ1v) is 7.41. The van der Waals surface area contributed by atoms with Crippen LogP contribution in [-0.4, -0.2) is 34.6 Å². The van der Waals surface area contributed by atoms with E-state index in [9.17, 15) is 8.42 Å². The molecular weight excluding hydrogens is 264 g/mol. The summed E-state index contributed by atoms with van der Waals surface area (Å²) in [5.41, 5.74) is 0.610. The summed E-state index contributed by atoms with van der Waals surface area (Å²) in [6, 6.07) is 5.11. The van der Waals surface area contributed by atoms with Crippen LogP contribution < -0.4 is 9.47 Å². The van der Waals surface area contributed by atoms with Crippen LogP contribution in [0.5, 0.6) is 11.5 Å². The number of hydrogen-bond acceptors (Lipinski definition) is 4. The molecule has 0 aliphatic rings. The molecule has 0 saturated carbocycles. The number of alkyl halides is 1. The average Bonchev–Trinajstić information content (AvgIpc) is 2.25. The second-order valence-corrected chi connectivity index (χ2v) is 6.38. The van der Waals surface area contributed by atoms with Gasteiger partial charge in [0.2, 0.25) is 0 Å². The number of halogens is 1. The second-order valence-electron chi connectivity index (χ2n) is 3.67. The van der Waals surface area contributed by atoms with Gasteiger partial charge in [-0.2, -0.15) is 0 Å². The van der Waals surface area contributed by atoms with Crippen LogP contribution in [0.3, 0.4) is 0 Å². The van der Waals surface area contributed by atoms with E-state index in [1.165, 1.54) is 14.2 Å². The van der Waals surface area contributed by atoms with Crippen LogP contribution in [0.4, 0.5) is 0 Å². The van der Waals surface area contributed by atoms with Crippen molar-refractivity contribution in [3.63, 3.8) is 0 Å². The maximum Gasteiger partial charge on any atom is 0.149 e. The zero-order chi connectivity index (χ0) is 13.1. The predicted molar refractivity (Wildman–Crippen MR) is 67.9 cm³/mol. The fraction of sp³-hybridized carbons (Fsp3) is 0.455. The van der Waals surface area contributed by atoms with Crippen LogP contribution >= 0.6 is 11.6 Å². The molecule has 0 radical (unpaired) electrons. The molecule has 1 aromatic rings. The van der Waals surface area contributed by atoms with E-state index in [1.807, 2.05) is 0 Å². The van der Waals surface area contributed by atoms with Crippen molar-refractivity contribution in [1.29, 1.82) is 0 Å². The smallest absolute Gasteiger partial charge is 0.149 e. The average molecular weight is 279 g/mol. The standard InChI is InChI=1S/C11H15ClO4S/c1-15-8-4-5-11(16-2)9(6-8)10(12)7-17(3,13)14/h4-6,10H,7H2,1-3H3. The molecule has 0 aliphatic carbocycles. The summed E-state index contributed by atoms with van der Waals surface area (Å²) in [6.07, 6.45) is 1.15. The van der Waals surface area contributed by atoms with Gasteiger partial charge >= 0.3 is 0 Å². The molecule has 0 fully saturated rings. The molecule has 0 saturated heterocycles. The van der Waals surface area contributed by atoms with Crippen molar-refractivity contribution in [3.05, 3.63) is 23.8 Å². The number of sulfone groups is 1. The first-order valence-electron chi connectivity index (χ1n) is 4.91. The topological polar surface area (TPSA) is 52.6 Å². The summed E-state index contributed by atoms with van der Waals surface area (Å²) < 4.78 is 32.6. The van der Waals surface area contributed by atoms with Gasteiger partial charge in [-0.15, -0.1) is 11.6 Å². The van der Waals surface area contributed by atoms with Crippen LogP contribution in [0, 0.1) is 0 Å². The summed E-state index contributed by atoms with van der Waals surface area (Å²) >= 11 is 6.09. The Balaban J connectivity index is 3.09. The van der Waals surface area contributed by atoms with E-state index < -0.39 is 15.2 Å². The lowest BCUT2D eigenvalue weighted by Gasteiger charge is -2.14. The Kier molecular flexibility index (Phi) is 4.65. The number of benzene rings is 1. The molecule has 4 nitrogen and oxygen atoms in total. The highest BCUT2D eigenvalue weighted by Crippen LogP contribution is 2.33. The predicted octanol–water partition coefficient (Wildman–Crippen LogP) is 2.03. The van der Waals surface area contributed by atoms with Gasteiger partial charge in [0, 0.05) is 11.8 Å². The molecule has 1 aromatic carbocycles. The molecule has 17 heavy (non-hydrogen) atoms. The molecule has 96 valence electrons. The van der Waals surface area contributed by atoms with E-state index in [-0.39, 0.29) is 5.75 Å². The fourth-order valence-electron chi connectivity index (χ4n) is 1.44. The van der Waals surface area contributed by atoms with E-state index in [4.69, 9.17) is 21.1 Å². The van der Waals surface area contributed by atoms with Crippen molar-refractivity contribution in [1.82, 2.24) is 0 Å². The Hall–Kier alpha value is -0.940. The van der Waals surface area contributed by atoms with Gasteiger partial charge in [-0.3, -0.25) is 0 Å². The molecule has 6 heteroatoms. The quantitative estimate of drug-likeness (QED) is 0.774. The van der Waals surface area contributed by atoms with Gasteiger partial charge in [0.1, 0.15) is 21.3 Å². The Morgan fingerprint density at radius 2 is 1.94 bits per heavy atom. The summed E-state index contributed by atoms with van der Waals surface area (Å²) in [6.45, 7) is 0.